The quantitative estimate of drug-likeness (QED) is 0.772. The van der Waals surface area contributed by atoms with Crippen molar-refractivity contribution >= 4 is 17.2 Å². The van der Waals surface area contributed by atoms with E-state index in [9.17, 15) is 9.18 Å². The van der Waals surface area contributed by atoms with Crippen LogP contribution in [0.25, 0.3) is 0 Å². The van der Waals surface area contributed by atoms with Crippen LogP contribution in [0.3, 0.4) is 0 Å². The Bertz CT molecular complexity index is 826. The second-order valence-electron chi connectivity index (χ2n) is 8.72. The molecule has 4 bridgehead atoms. The van der Waals surface area contributed by atoms with Crippen molar-refractivity contribution in [2.45, 2.75) is 50.7 Å². The number of ether oxygens (including phenoxy) is 1. The molecule has 1 aromatic heterocycles. The fourth-order valence-corrected chi connectivity index (χ4v) is 6.65. The van der Waals surface area contributed by atoms with Crippen molar-refractivity contribution in [2.24, 2.45) is 17.8 Å². The van der Waals surface area contributed by atoms with E-state index < -0.39 is 0 Å². The zero-order valence-electron chi connectivity index (χ0n) is 15.2. The smallest absolute Gasteiger partial charge is 0.261 e. The van der Waals surface area contributed by atoms with Crippen molar-refractivity contribution in [1.29, 1.82) is 0 Å². The van der Waals surface area contributed by atoms with Gasteiger partial charge in [-0.1, -0.05) is 6.07 Å². The molecule has 27 heavy (non-hydrogen) atoms. The maximum Gasteiger partial charge on any atom is 0.261 e. The molecule has 4 fully saturated rings. The highest BCUT2D eigenvalue weighted by Gasteiger charge is 2.51. The van der Waals surface area contributed by atoms with Gasteiger partial charge in [-0.2, -0.15) is 0 Å². The van der Waals surface area contributed by atoms with E-state index in [1.165, 1.54) is 42.7 Å². The Hall–Kier alpha value is -1.88. The van der Waals surface area contributed by atoms with E-state index in [0.29, 0.717) is 12.4 Å². The van der Waals surface area contributed by atoms with E-state index in [1.54, 1.807) is 12.1 Å². The number of carbonyl (C=O) groups excluding carboxylic acids is 1. The molecule has 6 rings (SSSR count). The van der Waals surface area contributed by atoms with Crippen LogP contribution in [0.1, 0.15) is 53.8 Å². The minimum absolute atomic E-state index is 0.0358. The summed E-state index contributed by atoms with van der Waals surface area (Å²) in [4.78, 5) is 13.6. The van der Waals surface area contributed by atoms with Crippen molar-refractivity contribution < 1.29 is 13.9 Å². The number of benzene rings is 1. The molecule has 0 spiro atoms. The third-order valence-electron chi connectivity index (χ3n) is 6.50. The lowest BCUT2D eigenvalue weighted by Crippen LogP contribution is -2.59. The summed E-state index contributed by atoms with van der Waals surface area (Å²) in [5, 5.41) is 5.37. The number of halogens is 1. The number of carbonyl (C=O) groups is 1. The molecular formula is C22H24FNO2S. The Morgan fingerprint density at radius 2 is 1.85 bits per heavy atom. The van der Waals surface area contributed by atoms with Gasteiger partial charge >= 0.3 is 0 Å². The van der Waals surface area contributed by atoms with Gasteiger partial charge in [-0.15, -0.1) is 11.3 Å². The summed E-state index contributed by atoms with van der Waals surface area (Å²) in [5.74, 6) is 2.69. The van der Waals surface area contributed by atoms with E-state index in [4.69, 9.17) is 4.74 Å². The largest absolute Gasteiger partial charge is 0.489 e. The highest BCUT2D eigenvalue weighted by Crippen LogP contribution is 2.55. The van der Waals surface area contributed by atoms with Crippen LogP contribution in [0.4, 0.5) is 4.39 Å². The summed E-state index contributed by atoms with van der Waals surface area (Å²) >= 11 is 1.46. The summed E-state index contributed by atoms with van der Waals surface area (Å²) in [6.45, 7) is 0.338. The zero-order valence-corrected chi connectivity index (χ0v) is 16.1. The van der Waals surface area contributed by atoms with Crippen LogP contribution in [0.2, 0.25) is 0 Å². The van der Waals surface area contributed by atoms with Crippen LogP contribution in [0.5, 0.6) is 5.75 Å². The van der Waals surface area contributed by atoms with Crippen LogP contribution < -0.4 is 10.1 Å². The van der Waals surface area contributed by atoms with Crippen LogP contribution in [0.15, 0.2) is 35.7 Å². The summed E-state index contributed by atoms with van der Waals surface area (Å²) in [6, 6.07) is 8.02. The molecule has 0 saturated heterocycles. The van der Waals surface area contributed by atoms with Crippen LogP contribution in [-0.2, 0) is 6.61 Å². The summed E-state index contributed by atoms with van der Waals surface area (Å²) in [6.07, 6.45) is 7.59. The van der Waals surface area contributed by atoms with Gasteiger partial charge in [0.1, 0.15) is 18.2 Å². The molecule has 0 atom stereocenters. The Morgan fingerprint density at radius 3 is 2.52 bits per heavy atom. The fourth-order valence-electron chi connectivity index (χ4n) is 5.86. The topological polar surface area (TPSA) is 38.3 Å². The number of rotatable bonds is 5. The number of amides is 1. The molecule has 1 amide bonds. The van der Waals surface area contributed by atoms with E-state index >= 15 is 0 Å². The van der Waals surface area contributed by atoms with Crippen molar-refractivity contribution in [3.05, 3.63) is 52.0 Å². The number of nitrogens with one attached hydrogen (secondary N) is 1. The number of hydrogen-bond acceptors (Lipinski definition) is 3. The number of hydrogen-bond donors (Lipinski definition) is 1. The predicted octanol–water partition coefficient (Wildman–Crippen LogP) is 5.16. The third kappa shape index (κ3) is 3.49. The molecule has 3 nitrogen and oxygen atoms in total. The Balaban J connectivity index is 1.23. The molecule has 1 aromatic carbocycles. The van der Waals surface area contributed by atoms with E-state index in [2.05, 4.69) is 5.32 Å². The van der Waals surface area contributed by atoms with Crippen molar-refractivity contribution in [3.8, 4) is 5.75 Å². The minimum Gasteiger partial charge on any atom is -0.489 e. The first-order valence-electron chi connectivity index (χ1n) is 9.85. The molecule has 1 N–H and O–H groups in total. The van der Waals surface area contributed by atoms with Crippen molar-refractivity contribution in [3.63, 3.8) is 0 Å². The summed E-state index contributed by atoms with van der Waals surface area (Å²) in [5.41, 5.74) is 0.980. The lowest BCUT2D eigenvalue weighted by Gasteiger charge is -2.56. The molecule has 5 heteroatoms. The van der Waals surface area contributed by atoms with Crippen molar-refractivity contribution in [2.75, 3.05) is 0 Å². The van der Waals surface area contributed by atoms with Gasteiger partial charge < -0.3 is 10.1 Å². The molecule has 4 saturated carbocycles. The zero-order chi connectivity index (χ0) is 18.4. The molecule has 4 aliphatic rings. The normalized spacial score (nSPS) is 31.1. The summed E-state index contributed by atoms with van der Waals surface area (Å²) < 4.78 is 18.9. The van der Waals surface area contributed by atoms with Gasteiger partial charge in [0.15, 0.2) is 0 Å². The van der Waals surface area contributed by atoms with Crippen molar-refractivity contribution in [1.82, 2.24) is 5.32 Å². The fraction of sp³-hybridized carbons (Fsp3) is 0.500. The SMILES string of the molecule is O=C(NC12CC3CC(CC(C3)C1)C2)c1cc(COc2cccc(F)c2)cs1. The Morgan fingerprint density at radius 1 is 1.15 bits per heavy atom. The third-order valence-corrected chi connectivity index (χ3v) is 7.47. The average molecular weight is 386 g/mol. The monoisotopic (exact) mass is 385 g/mol. The first-order valence-corrected chi connectivity index (χ1v) is 10.7. The maximum absolute atomic E-state index is 13.2. The van der Waals surface area contributed by atoms with Gasteiger partial charge in [0.25, 0.3) is 5.91 Å². The summed E-state index contributed by atoms with van der Waals surface area (Å²) in [7, 11) is 0. The molecule has 142 valence electrons. The van der Waals surface area contributed by atoms with Gasteiger partial charge in [0, 0.05) is 17.2 Å². The molecule has 0 radical (unpaired) electrons. The first kappa shape index (κ1) is 17.2. The molecule has 0 aliphatic heterocycles. The molecule has 4 aliphatic carbocycles. The van der Waals surface area contributed by atoms with Crippen LogP contribution in [-0.4, -0.2) is 11.4 Å². The standard InChI is InChI=1S/C22H24FNO2S/c23-18-2-1-3-19(8-18)26-12-17-7-20(27-13-17)21(25)24-22-9-14-4-15(10-22)6-16(5-14)11-22/h1-3,7-8,13-16H,4-6,9-12H2,(H,24,25). The maximum atomic E-state index is 13.2. The van der Waals surface area contributed by atoms with Crippen LogP contribution in [0, 0.1) is 23.6 Å². The van der Waals surface area contributed by atoms with E-state index in [0.717, 1.165) is 47.5 Å². The molecular weight excluding hydrogens is 361 g/mol. The van der Waals surface area contributed by atoms with Crippen LogP contribution >= 0.6 is 11.3 Å². The Kier molecular flexibility index (Phi) is 4.23. The van der Waals surface area contributed by atoms with E-state index in [1.807, 2.05) is 11.4 Å². The van der Waals surface area contributed by atoms with Gasteiger partial charge in [0.2, 0.25) is 0 Å². The number of thiophene rings is 1. The lowest BCUT2D eigenvalue weighted by atomic mass is 9.53. The van der Waals surface area contributed by atoms with Gasteiger partial charge in [-0.3, -0.25) is 4.79 Å². The second kappa shape index (κ2) is 6.62. The van der Waals surface area contributed by atoms with E-state index in [-0.39, 0.29) is 17.3 Å². The first-order chi connectivity index (χ1) is 13.1. The van der Waals surface area contributed by atoms with Gasteiger partial charge in [0.05, 0.1) is 4.88 Å². The second-order valence-corrected chi connectivity index (χ2v) is 9.63. The molecule has 0 unspecified atom stereocenters. The molecule has 1 heterocycles. The van der Waals surface area contributed by atoms with Gasteiger partial charge in [-0.05, 0) is 79.9 Å². The average Bonchev–Trinajstić information content (AvgIpc) is 3.08. The lowest BCUT2D eigenvalue weighted by molar-refractivity contribution is -0.0166. The highest BCUT2D eigenvalue weighted by molar-refractivity contribution is 7.12. The predicted molar refractivity (Wildman–Crippen MR) is 103 cm³/mol. The minimum atomic E-state index is -0.312. The Labute approximate surface area is 162 Å². The molecule has 2 aromatic rings. The van der Waals surface area contributed by atoms with Gasteiger partial charge in [-0.25, -0.2) is 4.39 Å². The highest BCUT2D eigenvalue weighted by atomic mass is 32.1.